The van der Waals surface area contributed by atoms with Gasteiger partial charge in [0.1, 0.15) is 6.61 Å². The summed E-state index contributed by atoms with van der Waals surface area (Å²) in [5.74, 6) is 5.78. The minimum absolute atomic E-state index is 0.133. The summed E-state index contributed by atoms with van der Waals surface area (Å²) in [5, 5.41) is 8.72. The molecule has 19 heavy (non-hydrogen) atoms. The Morgan fingerprint density at radius 1 is 1.32 bits per heavy atom. The summed E-state index contributed by atoms with van der Waals surface area (Å²) in [4.78, 5) is 13.9. The first-order valence-electron chi connectivity index (χ1n) is 6.73. The second-order valence-electron chi connectivity index (χ2n) is 4.82. The van der Waals surface area contributed by atoms with E-state index < -0.39 is 0 Å². The van der Waals surface area contributed by atoms with E-state index in [9.17, 15) is 4.79 Å². The molecule has 1 aliphatic heterocycles. The fraction of sp³-hybridized carbons (Fsp3) is 0.438. The van der Waals surface area contributed by atoms with Crippen LogP contribution in [0.15, 0.2) is 18.2 Å². The Kier molecular flexibility index (Phi) is 4.59. The molecule has 0 aliphatic carbocycles. The number of hydrogen-bond acceptors (Lipinski definition) is 2. The van der Waals surface area contributed by atoms with Crippen molar-refractivity contribution in [3.63, 3.8) is 0 Å². The maximum atomic E-state index is 12.0. The van der Waals surface area contributed by atoms with Gasteiger partial charge in [-0.1, -0.05) is 18.3 Å². The summed E-state index contributed by atoms with van der Waals surface area (Å²) in [6.45, 7) is 2.65. The van der Waals surface area contributed by atoms with E-state index in [0.717, 1.165) is 42.6 Å². The van der Waals surface area contributed by atoms with Crippen LogP contribution in [-0.4, -0.2) is 24.2 Å². The van der Waals surface area contributed by atoms with Crippen molar-refractivity contribution in [2.24, 2.45) is 0 Å². The van der Waals surface area contributed by atoms with Gasteiger partial charge >= 0.3 is 0 Å². The van der Waals surface area contributed by atoms with Crippen molar-refractivity contribution in [2.45, 2.75) is 32.6 Å². The minimum Gasteiger partial charge on any atom is -0.384 e. The van der Waals surface area contributed by atoms with Crippen molar-refractivity contribution in [1.29, 1.82) is 0 Å². The third kappa shape index (κ3) is 3.36. The van der Waals surface area contributed by atoms with Crippen LogP contribution >= 0.6 is 0 Å². The molecule has 0 unspecified atom stereocenters. The van der Waals surface area contributed by atoms with Gasteiger partial charge in [0.2, 0.25) is 5.91 Å². The number of aliphatic hydroxyl groups is 1. The number of carbonyl (C=O) groups excluding carboxylic acids is 1. The van der Waals surface area contributed by atoms with Crippen LogP contribution in [0.1, 0.15) is 36.8 Å². The molecule has 0 aromatic heterocycles. The number of benzene rings is 1. The van der Waals surface area contributed by atoms with E-state index in [1.54, 1.807) is 0 Å². The number of aryl methyl sites for hydroxylation is 1. The van der Waals surface area contributed by atoms with E-state index >= 15 is 0 Å². The lowest BCUT2D eigenvalue weighted by atomic mass is 10.1. The summed E-state index contributed by atoms with van der Waals surface area (Å²) in [7, 11) is 0. The zero-order valence-electron chi connectivity index (χ0n) is 11.3. The summed E-state index contributed by atoms with van der Waals surface area (Å²) < 4.78 is 0. The molecule has 1 N–H and O–H groups in total. The second kappa shape index (κ2) is 6.40. The van der Waals surface area contributed by atoms with Crippen molar-refractivity contribution in [2.75, 3.05) is 18.1 Å². The maximum Gasteiger partial charge on any atom is 0.226 e. The van der Waals surface area contributed by atoms with Crippen LogP contribution in [-0.2, 0) is 4.79 Å². The molecule has 1 aromatic rings. The molecule has 1 fully saturated rings. The molecule has 0 spiro atoms. The quantitative estimate of drug-likeness (QED) is 0.784. The highest BCUT2D eigenvalue weighted by Crippen LogP contribution is 2.23. The van der Waals surface area contributed by atoms with E-state index in [-0.39, 0.29) is 12.5 Å². The lowest BCUT2D eigenvalue weighted by Gasteiger charge is -2.21. The van der Waals surface area contributed by atoms with Gasteiger partial charge in [-0.3, -0.25) is 4.79 Å². The number of hydrogen-bond donors (Lipinski definition) is 1. The van der Waals surface area contributed by atoms with Crippen molar-refractivity contribution in [1.82, 2.24) is 0 Å². The van der Waals surface area contributed by atoms with Crippen molar-refractivity contribution in [3.05, 3.63) is 29.3 Å². The highest BCUT2D eigenvalue weighted by atomic mass is 16.2. The number of nitrogens with zero attached hydrogens (tertiary/aromatic N) is 1. The number of aliphatic hydroxyl groups excluding tert-OH is 1. The molecule has 0 atom stereocenters. The van der Waals surface area contributed by atoms with E-state index in [1.807, 2.05) is 30.0 Å². The predicted molar refractivity (Wildman–Crippen MR) is 76.0 cm³/mol. The Morgan fingerprint density at radius 2 is 2.16 bits per heavy atom. The molecule has 3 heteroatoms. The van der Waals surface area contributed by atoms with Crippen LogP contribution in [0.2, 0.25) is 0 Å². The fourth-order valence-corrected chi connectivity index (χ4v) is 2.35. The molecule has 1 saturated heterocycles. The number of rotatable bonds is 1. The van der Waals surface area contributed by atoms with Gasteiger partial charge in [-0.2, -0.15) is 0 Å². The first kappa shape index (κ1) is 13.6. The number of anilines is 1. The highest BCUT2D eigenvalue weighted by Gasteiger charge is 2.18. The molecule has 0 radical (unpaired) electrons. The Bertz CT molecular complexity index is 525. The molecule has 1 amide bonds. The van der Waals surface area contributed by atoms with E-state index in [4.69, 9.17) is 5.11 Å². The second-order valence-corrected chi connectivity index (χ2v) is 4.82. The molecule has 100 valence electrons. The summed E-state index contributed by atoms with van der Waals surface area (Å²) >= 11 is 0. The Hall–Kier alpha value is -1.79. The van der Waals surface area contributed by atoms with Gasteiger partial charge in [-0.25, -0.2) is 0 Å². The van der Waals surface area contributed by atoms with Gasteiger partial charge in [0.15, 0.2) is 0 Å². The van der Waals surface area contributed by atoms with Crippen LogP contribution in [0.5, 0.6) is 0 Å². The largest absolute Gasteiger partial charge is 0.384 e. The SMILES string of the molecule is Cc1cc(N2CCCCCC2=O)ccc1C#CCO. The summed E-state index contributed by atoms with van der Waals surface area (Å²) in [6.07, 6.45) is 3.83. The van der Waals surface area contributed by atoms with E-state index in [2.05, 4.69) is 11.8 Å². The number of carbonyl (C=O) groups is 1. The third-order valence-corrected chi connectivity index (χ3v) is 3.40. The van der Waals surface area contributed by atoms with Gasteiger partial charge < -0.3 is 10.0 Å². The molecule has 1 aliphatic rings. The van der Waals surface area contributed by atoms with Crippen LogP contribution in [0, 0.1) is 18.8 Å². The van der Waals surface area contributed by atoms with Crippen LogP contribution < -0.4 is 4.90 Å². The van der Waals surface area contributed by atoms with Crippen molar-refractivity contribution < 1.29 is 9.90 Å². The average Bonchev–Trinajstić information content (AvgIpc) is 2.62. The molecular weight excluding hydrogens is 238 g/mol. The molecule has 0 bridgehead atoms. The summed E-state index contributed by atoms with van der Waals surface area (Å²) in [6, 6.07) is 5.87. The van der Waals surface area contributed by atoms with Gasteiger partial charge in [0.25, 0.3) is 0 Å². The zero-order valence-corrected chi connectivity index (χ0v) is 11.3. The molecule has 2 rings (SSSR count). The zero-order chi connectivity index (χ0) is 13.7. The monoisotopic (exact) mass is 257 g/mol. The van der Waals surface area contributed by atoms with Crippen molar-refractivity contribution >= 4 is 11.6 Å². The normalized spacial score (nSPS) is 15.7. The summed E-state index contributed by atoms with van der Waals surface area (Å²) in [5.41, 5.74) is 2.90. The molecule has 1 aromatic carbocycles. The Labute approximate surface area is 114 Å². The van der Waals surface area contributed by atoms with Crippen LogP contribution in [0.4, 0.5) is 5.69 Å². The number of amides is 1. The van der Waals surface area contributed by atoms with E-state index in [1.165, 1.54) is 0 Å². The first-order valence-corrected chi connectivity index (χ1v) is 6.73. The topological polar surface area (TPSA) is 40.5 Å². The van der Waals surface area contributed by atoms with E-state index in [0.29, 0.717) is 6.42 Å². The van der Waals surface area contributed by atoms with Crippen LogP contribution in [0.25, 0.3) is 0 Å². The van der Waals surface area contributed by atoms with Gasteiger partial charge in [-0.05, 0) is 43.5 Å². The molecular formula is C16H19NO2. The third-order valence-electron chi connectivity index (χ3n) is 3.40. The smallest absolute Gasteiger partial charge is 0.226 e. The maximum absolute atomic E-state index is 12.0. The Morgan fingerprint density at radius 3 is 2.89 bits per heavy atom. The predicted octanol–water partition coefficient (Wildman–Crippen LogP) is 2.25. The first-order chi connectivity index (χ1) is 9.22. The lowest BCUT2D eigenvalue weighted by molar-refractivity contribution is -0.118. The molecule has 3 nitrogen and oxygen atoms in total. The lowest BCUT2D eigenvalue weighted by Crippen LogP contribution is -2.30. The minimum atomic E-state index is -0.133. The molecule has 1 heterocycles. The van der Waals surface area contributed by atoms with Crippen LogP contribution in [0.3, 0.4) is 0 Å². The standard InChI is InChI=1S/C16H19NO2/c1-13-12-15(9-8-14(13)6-5-11-18)17-10-4-2-3-7-16(17)19/h8-9,12,18H,2-4,7,10-11H2,1H3. The van der Waals surface area contributed by atoms with Gasteiger partial charge in [0.05, 0.1) is 0 Å². The van der Waals surface area contributed by atoms with Gasteiger partial charge in [0, 0.05) is 24.2 Å². The highest BCUT2D eigenvalue weighted by molar-refractivity contribution is 5.93. The van der Waals surface area contributed by atoms with Crippen molar-refractivity contribution in [3.8, 4) is 11.8 Å². The average molecular weight is 257 g/mol. The Balaban J connectivity index is 2.25. The fourth-order valence-electron chi connectivity index (χ4n) is 2.35. The molecule has 0 saturated carbocycles. The van der Waals surface area contributed by atoms with Gasteiger partial charge in [-0.15, -0.1) is 0 Å².